The largest absolute Gasteiger partial charge is 0.454 e. The van der Waals surface area contributed by atoms with Gasteiger partial charge < -0.3 is 14.2 Å². The molecule has 0 saturated heterocycles. The lowest BCUT2D eigenvalue weighted by atomic mass is 10.1. The zero-order valence-corrected chi connectivity index (χ0v) is 13.7. The molecule has 0 N–H and O–H groups in total. The number of aromatic nitrogens is 2. The van der Waals surface area contributed by atoms with E-state index >= 15 is 0 Å². The number of rotatable bonds is 5. The Bertz CT molecular complexity index is 953. The molecule has 0 fully saturated rings. The van der Waals surface area contributed by atoms with Gasteiger partial charge in [-0.25, -0.2) is 9.97 Å². The average molecular weight is 346 g/mol. The number of allylic oxidation sites excluding steroid dienone is 1. The van der Waals surface area contributed by atoms with Crippen LogP contribution >= 0.6 is 0 Å². The summed E-state index contributed by atoms with van der Waals surface area (Å²) in [6, 6.07) is 14.4. The molecule has 2 heterocycles. The van der Waals surface area contributed by atoms with E-state index in [0.717, 1.165) is 5.56 Å². The molecule has 0 aliphatic carbocycles. The Morgan fingerprint density at radius 3 is 2.58 bits per heavy atom. The predicted octanol–water partition coefficient (Wildman–Crippen LogP) is 3.89. The highest BCUT2D eigenvalue weighted by atomic mass is 16.7. The second-order valence-corrected chi connectivity index (χ2v) is 5.47. The maximum absolute atomic E-state index is 12.3. The molecule has 0 radical (unpaired) electrons. The molecule has 6 heteroatoms. The first kappa shape index (κ1) is 15.8. The first-order valence-electron chi connectivity index (χ1n) is 7.95. The van der Waals surface area contributed by atoms with Gasteiger partial charge in [-0.15, -0.1) is 0 Å². The van der Waals surface area contributed by atoms with E-state index in [9.17, 15) is 4.79 Å². The summed E-state index contributed by atoms with van der Waals surface area (Å²) in [5.41, 5.74) is 1.42. The molecular weight excluding hydrogens is 332 g/mol. The van der Waals surface area contributed by atoms with Crippen LogP contribution in [0.3, 0.4) is 0 Å². The summed E-state index contributed by atoms with van der Waals surface area (Å²) in [6.07, 6.45) is 6.49. The fourth-order valence-corrected chi connectivity index (χ4v) is 2.41. The molecule has 3 aromatic rings. The number of fused-ring (bicyclic) bond motifs is 1. The van der Waals surface area contributed by atoms with E-state index < -0.39 is 0 Å². The molecule has 0 atom stereocenters. The van der Waals surface area contributed by atoms with Gasteiger partial charge in [0.05, 0.1) is 0 Å². The number of hydrogen-bond acceptors (Lipinski definition) is 6. The Morgan fingerprint density at radius 2 is 1.77 bits per heavy atom. The minimum Gasteiger partial charge on any atom is -0.454 e. The van der Waals surface area contributed by atoms with Crippen LogP contribution in [0.4, 0.5) is 0 Å². The summed E-state index contributed by atoms with van der Waals surface area (Å²) in [6.45, 7) is 0.186. The number of benzene rings is 2. The van der Waals surface area contributed by atoms with E-state index in [1.54, 1.807) is 54.9 Å². The number of ether oxygens (including phenoxy) is 3. The Morgan fingerprint density at radius 1 is 1.00 bits per heavy atom. The molecule has 1 aliphatic rings. The third-order valence-corrected chi connectivity index (χ3v) is 3.72. The van der Waals surface area contributed by atoms with Crippen molar-refractivity contribution in [3.8, 4) is 23.3 Å². The van der Waals surface area contributed by atoms with Crippen LogP contribution in [0.2, 0.25) is 0 Å². The van der Waals surface area contributed by atoms with Crippen LogP contribution < -0.4 is 14.2 Å². The Hall–Kier alpha value is -3.67. The SMILES string of the molecule is O=C(/C=C/c1ccc(Oc2ncccn2)cc1)c1ccc2c(c1)OCO2. The van der Waals surface area contributed by atoms with Crippen LogP contribution in [0.5, 0.6) is 23.3 Å². The van der Waals surface area contributed by atoms with Crippen molar-refractivity contribution in [2.75, 3.05) is 6.79 Å². The Kier molecular flexibility index (Phi) is 4.30. The Balaban J connectivity index is 1.42. The van der Waals surface area contributed by atoms with Crippen LogP contribution in [-0.2, 0) is 0 Å². The highest BCUT2D eigenvalue weighted by Crippen LogP contribution is 2.32. The first-order chi connectivity index (χ1) is 12.8. The van der Waals surface area contributed by atoms with Gasteiger partial charge in [0.1, 0.15) is 5.75 Å². The third kappa shape index (κ3) is 3.54. The van der Waals surface area contributed by atoms with Gasteiger partial charge in [-0.3, -0.25) is 4.79 Å². The number of carbonyl (C=O) groups is 1. The Labute approximate surface area is 149 Å². The van der Waals surface area contributed by atoms with Gasteiger partial charge in [-0.1, -0.05) is 18.2 Å². The quantitative estimate of drug-likeness (QED) is 0.515. The summed E-state index contributed by atoms with van der Waals surface area (Å²) in [5, 5.41) is 0. The van der Waals surface area contributed by atoms with Crippen LogP contribution in [0.15, 0.2) is 67.0 Å². The molecule has 0 amide bonds. The van der Waals surface area contributed by atoms with Crippen LogP contribution in [0.25, 0.3) is 6.08 Å². The topological polar surface area (TPSA) is 70.5 Å². The lowest BCUT2D eigenvalue weighted by Crippen LogP contribution is -1.94. The van der Waals surface area contributed by atoms with E-state index in [1.807, 2.05) is 12.1 Å². The smallest absolute Gasteiger partial charge is 0.321 e. The summed E-state index contributed by atoms with van der Waals surface area (Å²) in [4.78, 5) is 20.3. The molecular formula is C20H14N2O4. The van der Waals surface area contributed by atoms with Crippen molar-refractivity contribution in [3.05, 3.63) is 78.1 Å². The van der Waals surface area contributed by atoms with Gasteiger partial charge in [0.15, 0.2) is 17.3 Å². The molecule has 0 spiro atoms. The number of carbonyl (C=O) groups excluding carboxylic acids is 1. The number of nitrogens with zero attached hydrogens (tertiary/aromatic N) is 2. The lowest BCUT2D eigenvalue weighted by molar-refractivity contribution is 0.104. The highest BCUT2D eigenvalue weighted by Gasteiger charge is 2.15. The zero-order chi connectivity index (χ0) is 17.8. The molecule has 0 bridgehead atoms. The van der Waals surface area contributed by atoms with E-state index in [1.165, 1.54) is 6.08 Å². The maximum Gasteiger partial charge on any atom is 0.321 e. The average Bonchev–Trinajstić information content (AvgIpc) is 3.16. The normalized spacial score (nSPS) is 12.3. The zero-order valence-electron chi connectivity index (χ0n) is 13.7. The van der Waals surface area contributed by atoms with Gasteiger partial charge in [0, 0.05) is 18.0 Å². The summed E-state index contributed by atoms with van der Waals surface area (Å²) >= 11 is 0. The summed E-state index contributed by atoms with van der Waals surface area (Å²) in [5.74, 6) is 1.76. The number of hydrogen-bond donors (Lipinski definition) is 0. The van der Waals surface area contributed by atoms with Crippen LogP contribution in [0.1, 0.15) is 15.9 Å². The standard InChI is InChI=1S/C20H14N2O4/c23-17(15-5-9-18-19(12-15)25-13-24-18)8-4-14-2-6-16(7-3-14)26-20-21-10-1-11-22-20/h1-12H,13H2/b8-4+. The fourth-order valence-electron chi connectivity index (χ4n) is 2.41. The minimum atomic E-state index is -0.110. The molecule has 4 rings (SSSR count). The van der Waals surface area contributed by atoms with Gasteiger partial charge in [-0.2, -0.15) is 0 Å². The predicted molar refractivity (Wildman–Crippen MR) is 94.5 cm³/mol. The first-order valence-corrected chi connectivity index (χ1v) is 7.95. The van der Waals surface area contributed by atoms with Crippen molar-refractivity contribution in [1.29, 1.82) is 0 Å². The van der Waals surface area contributed by atoms with Crippen molar-refractivity contribution in [1.82, 2.24) is 9.97 Å². The number of ketones is 1. The summed E-state index contributed by atoms with van der Waals surface area (Å²) in [7, 11) is 0. The molecule has 1 aromatic heterocycles. The molecule has 128 valence electrons. The van der Waals surface area contributed by atoms with Crippen molar-refractivity contribution < 1.29 is 19.0 Å². The molecule has 0 unspecified atom stereocenters. The second-order valence-electron chi connectivity index (χ2n) is 5.47. The van der Waals surface area contributed by atoms with Crippen molar-refractivity contribution >= 4 is 11.9 Å². The lowest BCUT2D eigenvalue weighted by Gasteiger charge is -2.03. The van der Waals surface area contributed by atoms with E-state index in [-0.39, 0.29) is 18.6 Å². The molecule has 26 heavy (non-hydrogen) atoms. The van der Waals surface area contributed by atoms with Gasteiger partial charge in [-0.05, 0) is 48.0 Å². The van der Waals surface area contributed by atoms with Crippen molar-refractivity contribution in [2.45, 2.75) is 0 Å². The van der Waals surface area contributed by atoms with Gasteiger partial charge in [0.2, 0.25) is 6.79 Å². The molecule has 2 aromatic carbocycles. The molecule has 6 nitrogen and oxygen atoms in total. The van der Waals surface area contributed by atoms with Gasteiger partial charge >= 0.3 is 6.01 Å². The van der Waals surface area contributed by atoms with Crippen molar-refractivity contribution in [2.24, 2.45) is 0 Å². The maximum atomic E-state index is 12.3. The minimum absolute atomic E-state index is 0.110. The van der Waals surface area contributed by atoms with E-state index in [4.69, 9.17) is 14.2 Å². The second kappa shape index (κ2) is 7.06. The summed E-state index contributed by atoms with van der Waals surface area (Å²) < 4.78 is 16.1. The van der Waals surface area contributed by atoms with Crippen LogP contribution in [-0.4, -0.2) is 22.5 Å². The van der Waals surface area contributed by atoms with Crippen molar-refractivity contribution in [3.63, 3.8) is 0 Å². The van der Waals surface area contributed by atoms with E-state index in [2.05, 4.69) is 9.97 Å². The fraction of sp³-hybridized carbons (Fsp3) is 0.0500. The monoisotopic (exact) mass is 346 g/mol. The molecule has 1 aliphatic heterocycles. The van der Waals surface area contributed by atoms with Gasteiger partial charge in [0.25, 0.3) is 0 Å². The third-order valence-electron chi connectivity index (χ3n) is 3.72. The van der Waals surface area contributed by atoms with Crippen LogP contribution in [0, 0.1) is 0 Å². The van der Waals surface area contributed by atoms with E-state index in [0.29, 0.717) is 22.8 Å². The molecule has 0 saturated carbocycles. The highest BCUT2D eigenvalue weighted by molar-refractivity contribution is 6.07.